The van der Waals surface area contributed by atoms with E-state index in [-0.39, 0.29) is 5.91 Å². The zero-order valence-corrected chi connectivity index (χ0v) is 14.7. The highest BCUT2D eigenvalue weighted by molar-refractivity contribution is 5.75. The van der Waals surface area contributed by atoms with E-state index in [4.69, 9.17) is 5.10 Å². The molecule has 1 aromatic carbocycles. The van der Waals surface area contributed by atoms with Gasteiger partial charge in [-0.25, -0.2) is 0 Å². The van der Waals surface area contributed by atoms with Crippen LogP contribution in [0, 0.1) is 5.92 Å². The van der Waals surface area contributed by atoms with Gasteiger partial charge in [-0.3, -0.25) is 9.48 Å². The molecule has 3 heterocycles. The van der Waals surface area contributed by atoms with Gasteiger partial charge in [-0.2, -0.15) is 5.10 Å². The number of carbonyl (C=O) groups is 1. The van der Waals surface area contributed by atoms with Crippen LogP contribution in [-0.2, 0) is 30.7 Å². The van der Waals surface area contributed by atoms with Crippen LogP contribution in [0.25, 0.3) is 0 Å². The monoisotopic (exact) mass is 336 g/mol. The van der Waals surface area contributed by atoms with E-state index < -0.39 is 0 Å². The first-order chi connectivity index (χ1) is 12.2. The normalized spacial score (nSPS) is 19.1. The Balaban J connectivity index is 1.57. The van der Waals surface area contributed by atoms with Gasteiger partial charge in [0, 0.05) is 49.9 Å². The maximum atomic E-state index is 11.9. The van der Waals surface area contributed by atoms with E-state index in [2.05, 4.69) is 33.8 Å². The number of nitrogens with zero attached hydrogens (tertiary/aromatic N) is 4. The number of carbonyl (C=O) groups excluding carboxylic acids is 1. The number of hydrogen-bond donors (Lipinski definition) is 0. The molecule has 3 aliphatic rings. The summed E-state index contributed by atoms with van der Waals surface area (Å²) in [6.45, 7) is 5.20. The van der Waals surface area contributed by atoms with Crippen LogP contribution in [0.5, 0.6) is 0 Å². The molecular formula is C20H24N4O. The topological polar surface area (TPSA) is 41.4 Å². The van der Waals surface area contributed by atoms with Gasteiger partial charge in [0.15, 0.2) is 5.82 Å². The van der Waals surface area contributed by atoms with Crippen molar-refractivity contribution < 1.29 is 4.79 Å². The fourth-order valence-corrected chi connectivity index (χ4v) is 4.21. The molecule has 0 saturated heterocycles. The standard InChI is InChI=1S/C20H24N4O/c1-14(25)22-10-9-19-17(13-22)20(21-24(19)12-15-6-7-15)23-11-8-16-4-2-3-5-18(16)23/h2-5,15H,6-13H2,1H3. The Hall–Kier alpha value is -2.30. The van der Waals surface area contributed by atoms with E-state index in [0.29, 0.717) is 6.54 Å². The number of amides is 1. The number of hydrogen-bond acceptors (Lipinski definition) is 3. The summed E-state index contributed by atoms with van der Waals surface area (Å²) in [6.07, 6.45) is 4.65. The van der Waals surface area contributed by atoms with Crippen LogP contribution in [0.4, 0.5) is 11.5 Å². The lowest BCUT2D eigenvalue weighted by molar-refractivity contribution is -0.129. The Morgan fingerprint density at radius 2 is 2.04 bits per heavy atom. The van der Waals surface area contributed by atoms with Gasteiger partial charge in [0.2, 0.25) is 5.91 Å². The first-order valence-electron chi connectivity index (χ1n) is 9.40. The van der Waals surface area contributed by atoms with Crippen molar-refractivity contribution in [3.05, 3.63) is 41.1 Å². The van der Waals surface area contributed by atoms with Gasteiger partial charge in [0.05, 0.1) is 6.54 Å². The van der Waals surface area contributed by atoms with E-state index in [1.165, 1.54) is 35.3 Å². The molecule has 0 unspecified atom stereocenters. The molecule has 1 amide bonds. The number of para-hydroxylation sites is 1. The molecule has 25 heavy (non-hydrogen) atoms. The molecule has 5 heteroatoms. The summed E-state index contributed by atoms with van der Waals surface area (Å²) in [5.74, 6) is 2.04. The lowest BCUT2D eigenvalue weighted by Gasteiger charge is -2.28. The summed E-state index contributed by atoms with van der Waals surface area (Å²) in [5.41, 5.74) is 5.29. The second-order valence-corrected chi connectivity index (χ2v) is 7.60. The molecule has 2 aliphatic heterocycles. The lowest BCUT2D eigenvalue weighted by Crippen LogP contribution is -2.35. The van der Waals surface area contributed by atoms with Gasteiger partial charge < -0.3 is 9.80 Å². The minimum absolute atomic E-state index is 0.161. The van der Waals surface area contributed by atoms with Gasteiger partial charge in [0.1, 0.15) is 0 Å². The van der Waals surface area contributed by atoms with Crippen molar-refractivity contribution in [1.82, 2.24) is 14.7 Å². The number of rotatable bonds is 3. The quantitative estimate of drug-likeness (QED) is 0.865. The Bertz CT molecular complexity index is 836. The fourth-order valence-electron chi connectivity index (χ4n) is 4.21. The number of anilines is 2. The largest absolute Gasteiger partial charge is 0.338 e. The third-order valence-electron chi connectivity index (χ3n) is 5.83. The molecule has 5 rings (SSSR count). The van der Waals surface area contributed by atoms with Crippen LogP contribution in [0.2, 0.25) is 0 Å². The summed E-state index contributed by atoms with van der Waals surface area (Å²) < 4.78 is 2.25. The summed E-state index contributed by atoms with van der Waals surface area (Å²) in [4.78, 5) is 16.2. The molecule has 2 aromatic rings. The third-order valence-corrected chi connectivity index (χ3v) is 5.83. The molecule has 1 aliphatic carbocycles. The third kappa shape index (κ3) is 2.53. The van der Waals surface area contributed by atoms with Crippen molar-refractivity contribution in [3.8, 4) is 0 Å². The second kappa shape index (κ2) is 5.61. The molecule has 0 radical (unpaired) electrons. The van der Waals surface area contributed by atoms with Gasteiger partial charge in [-0.05, 0) is 36.8 Å². The van der Waals surface area contributed by atoms with E-state index in [0.717, 1.165) is 44.2 Å². The zero-order valence-electron chi connectivity index (χ0n) is 14.7. The van der Waals surface area contributed by atoms with Crippen LogP contribution in [-0.4, -0.2) is 33.7 Å². The average molecular weight is 336 g/mol. The van der Waals surface area contributed by atoms with Crippen LogP contribution in [0.3, 0.4) is 0 Å². The number of fused-ring (bicyclic) bond motifs is 2. The minimum Gasteiger partial charge on any atom is -0.338 e. The molecule has 5 nitrogen and oxygen atoms in total. The van der Waals surface area contributed by atoms with Gasteiger partial charge in [-0.1, -0.05) is 18.2 Å². The van der Waals surface area contributed by atoms with Gasteiger partial charge >= 0.3 is 0 Å². The summed E-state index contributed by atoms with van der Waals surface area (Å²) in [5, 5.41) is 5.05. The molecule has 1 saturated carbocycles. The van der Waals surface area contributed by atoms with Gasteiger partial charge in [-0.15, -0.1) is 0 Å². The Labute approximate surface area is 148 Å². The smallest absolute Gasteiger partial charge is 0.219 e. The lowest BCUT2D eigenvalue weighted by atomic mass is 10.1. The Kier molecular flexibility index (Phi) is 3.37. The maximum absolute atomic E-state index is 11.9. The molecule has 0 atom stereocenters. The van der Waals surface area contributed by atoms with E-state index >= 15 is 0 Å². The summed E-state index contributed by atoms with van der Waals surface area (Å²) in [6, 6.07) is 8.62. The van der Waals surface area contributed by atoms with Crippen molar-refractivity contribution in [2.24, 2.45) is 5.92 Å². The predicted molar refractivity (Wildman–Crippen MR) is 96.9 cm³/mol. The number of aromatic nitrogens is 2. The van der Waals surface area contributed by atoms with Crippen molar-refractivity contribution in [2.75, 3.05) is 18.0 Å². The molecule has 1 aromatic heterocycles. The molecule has 0 spiro atoms. The summed E-state index contributed by atoms with van der Waals surface area (Å²) in [7, 11) is 0. The predicted octanol–water partition coefficient (Wildman–Crippen LogP) is 2.89. The molecule has 0 bridgehead atoms. The van der Waals surface area contributed by atoms with Crippen molar-refractivity contribution in [2.45, 2.75) is 45.7 Å². The van der Waals surface area contributed by atoms with Crippen molar-refractivity contribution >= 4 is 17.4 Å². The average Bonchev–Trinajstić information content (AvgIpc) is 3.23. The second-order valence-electron chi connectivity index (χ2n) is 7.60. The summed E-state index contributed by atoms with van der Waals surface area (Å²) >= 11 is 0. The van der Waals surface area contributed by atoms with Crippen LogP contribution in [0.15, 0.2) is 24.3 Å². The molecule has 0 N–H and O–H groups in total. The van der Waals surface area contributed by atoms with Crippen molar-refractivity contribution in [3.63, 3.8) is 0 Å². The van der Waals surface area contributed by atoms with E-state index in [9.17, 15) is 4.79 Å². The van der Waals surface area contributed by atoms with Crippen LogP contribution < -0.4 is 4.90 Å². The molecule has 130 valence electrons. The van der Waals surface area contributed by atoms with E-state index in [1.54, 1.807) is 6.92 Å². The highest BCUT2D eigenvalue weighted by atomic mass is 16.2. The first kappa shape index (κ1) is 15.0. The van der Waals surface area contributed by atoms with Crippen molar-refractivity contribution in [1.29, 1.82) is 0 Å². The maximum Gasteiger partial charge on any atom is 0.219 e. The fraction of sp³-hybridized carbons (Fsp3) is 0.500. The highest BCUT2D eigenvalue weighted by Crippen LogP contribution is 2.39. The Morgan fingerprint density at radius 1 is 1.20 bits per heavy atom. The van der Waals surface area contributed by atoms with Gasteiger partial charge in [0.25, 0.3) is 0 Å². The minimum atomic E-state index is 0.161. The van der Waals surface area contributed by atoms with E-state index in [1.807, 2.05) is 4.90 Å². The zero-order chi connectivity index (χ0) is 17.0. The highest BCUT2D eigenvalue weighted by Gasteiger charge is 2.33. The molecular weight excluding hydrogens is 312 g/mol. The number of benzene rings is 1. The first-order valence-corrected chi connectivity index (χ1v) is 9.40. The SMILES string of the molecule is CC(=O)N1CCc2c(c(N3CCc4ccccc43)nn2CC2CC2)C1. The van der Waals surface area contributed by atoms with Crippen LogP contribution in [0.1, 0.15) is 36.6 Å². The van der Waals surface area contributed by atoms with Crippen LogP contribution >= 0.6 is 0 Å². The Morgan fingerprint density at radius 3 is 2.84 bits per heavy atom. The molecule has 1 fully saturated rings.